The van der Waals surface area contributed by atoms with Crippen molar-refractivity contribution in [2.45, 2.75) is 38.4 Å². The number of hydrazone groups is 1. The Morgan fingerprint density at radius 2 is 2.18 bits per heavy atom. The zero-order valence-electron chi connectivity index (χ0n) is 9.63. The molecule has 0 fully saturated rings. The molecular weight excluding hydrogens is 235 g/mol. The summed E-state index contributed by atoms with van der Waals surface area (Å²) < 4.78 is 36.6. The molecule has 0 saturated carbocycles. The monoisotopic (exact) mass is 251 g/mol. The summed E-state index contributed by atoms with van der Waals surface area (Å²) in [5.41, 5.74) is 4.90. The van der Waals surface area contributed by atoms with Crippen molar-refractivity contribution in [3.05, 3.63) is 0 Å². The minimum atomic E-state index is -4.89. The van der Waals surface area contributed by atoms with E-state index in [2.05, 4.69) is 5.10 Å². The molecule has 0 amide bonds. The van der Waals surface area contributed by atoms with Crippen LogP contribution in [0.25, 0.3) is 0 Å². The van der Waals surface area contributed by atoms with E-state index < -0.39 is 23.7 Å². The third-order valence-electron chi connectivity index (χ3n) is 2.52. The number of nitrogens with zero attached hydrogens (tertiary/aromatic N) is 2. The molecule has 0 aliphatic carbocycles. The van der Waals surface area contributed by atoms with Crippen LogP contribution < -0.4 is 5.73 Å². The lowest BCUT2D eigenvalue weighted by atomic mass is 10.1. The number of alkyl halides is 3. The van der Waals surface area contributed by atoms with E-state index in [9.17, 15) is 18.0 Å². The number of halogens is 3. The molecule has 1 atom stereocenters. The Labute approximate surface area is 97.6 Å². The molecular formula is C10H16F3N3O. The van der Waals surface area contributed by atoms with E-state index in [1.807, 2.05) is 6.92 Å². The average Bonchev–Trinajstić information content (AvgIpc) is 2.57. The number of ketones is 1. The number of nitrogens with two attached hydrogens (primary N) is 1. The Morgan fingerprint density at radius 1 is 1.53 bits per heavy atom. The predicted molar refractivity (Wildman–Crippen MR) is 57.6 cm³/mol. The van der Waals surface area contributed by atoms with Crippen molar-refractivity contribution in [1.29, 1.82) is 0 Å². The second kappa shape index (κ2) is 5.48. The fourth-order valence-electron chi connectivity index (χ4n) is 1.63. The molecule has 1 aliphatic rings. The van der Waals surface area contributed by atoms with E-state index in [1.165, 1.54) is 5.01 Å². The number of Topliss-reactive ketones (excluding diaryl/α,β-unsaturated/α-hetero) is 1. The van der Waals surface area contributed by atoms with Gasteiger partial charge in [-0.2, -0.15) is 18.3 Å². The molecule has 4 nitrogen and oxygen atoms in total. The SMILES string of the molecule is CCCCCN1CC(N)C(C(=O)C(F)(F)F)=N1. The van der Waals surface area contributed by atoms with Crippen LogP contribution in [0.1, 0.15) is 26.2 Å². The van der Waals surface area contributed by atoms with Gasteiger partial charge in [0.1, 0.15) is 5.71 Å². The molecule has 1 aliphatic heterocycles. The average molecular weight is 251 g/mol. The fraction of sp³-hybridized carbons (Fsp3) is 0.800. The van der Waals surface area contributed by atoms with Gasteiger partial charge in [-0.3, -0.25) is 9.80 Å². The van der Waals surface area contributed by atoms with Gasteiger partial charge in [-0.25, -0.2) is 0 Å². The van der Waals surface area contributed by atoms with Crippen molar-refractivity contribution in [3.8, 4) is 0 Å². The topological polar surface area (TPSA) is 58.7 Å². The van der Waals surface area contributed by atoms with Crippen molar-refractivity contribution >= 4 is 11.5 Å². The molecule has 98 valence electrons. The minimum absolute atomic E-state index is 0.181. The van der Waals surface area contributed by atoms with Crippen molar-refractivity contribution in [1.82, 2.24) is 5.01 Å². The van der Waals surface area contributed by atoms with Crippen LogP contribution >= 0.6 is 0 Å². The molecule has 0 bridgehead atoms. The van der Waals surface area contributed by atoms with Crippen LogP contribution in [0.3, 0.4) is 0 Å². The minimum Gasteiger partial charge on any atom is -0.321 e. The summed E-state index contributed by atoms with van der Waals surface area (Å²) >= 11 is 0. The van der Waals surface area contributed by atoms with Crippen molar-refractivity contribution in [2.75, 3.05) is 13.1 Å². The Hall–Kier alpha value is -1.11. The molecule has 1 rings (SSSR count). The smallest absolute Gasteiger partial charge is 0.321 e. The third kappa shape index (κ3) is 3.69. The van der Waals surface area contributed by atoms with Crippen LogP contribution in [-0.4, -0.2) is 41.8 Å². The lowest BCUT2D eigenvalue weighted by molar-refractivity contribution is -0.163. The molecule has 0 aromatic carbocycles. The zero-order chi connectivity index (χ0) is 13.1. The highest BCUT2D eigenvalue weighted by atomic mass is 19.4. The molecule has 2 N–H and O–H groups in total. The van der Waals surface area contributed by atoms with Gasteiger partial charge >= 0.3 is 6.18 Å². The lowest BCUT2D eigenvalue weighted by Gasteiger charge is -2.13. The summed E-state index contributed by atoms with van der Waals surface area (Å²) in [4.78, 5) is 11.0. The quantitative estimate of drug-likeness (QED) is 0.749. The van der Waals surface area contributed by atoms with Crippen LogP contribution in [0.15, 0.2) is 5.10 Å². The molecule has 1 heterocycles. The van der Waals surface area contributed by atoms with E-state index in [1.54, 1.807) is 0 Å². The van der Waals surface area contributed by atoms with Gasteiger partial charge < -0.3 is 5.73 Å². The number of rotatable bonds is 5. The largest absolute Gasteiger partial charge is 0.456 e. The van der Waals surface area contributed by atoms with Gasteiger partial charge in [0.15, 0.2) is 0 Å². The number of carbonyl (C=O) groups is 1. The Morgan fingerprint density at radius 3 is 2.71 bits per heavy atom. The summed E-state index contributed by atoms with van der Waals surface area (Å²) in [6, 6.07) is -0.939. The van der Waals surface area contributed by atoms with Crippen molar-refractivity contribution in [2.24, 2.45) is 10.8 Å². The van der Waals surface area contributed by atoms with Gasteiger partial charge in [-0.15, -0.1) is 0 Å². The standard InChI is InChI=1S/C10H16F3N3O/c1-2-3-4-5-16-6-7(14)8(15-16)9(17)10(11,12)13/h7H,2-6,14H2,1H3. The first-order chi connectivity index (χ1) is 7.86. The molecule has 1 unspecified atom stereocenters. The maximum atomic E-state index is 12.2. The second-order valence-corrected chi connectivity index (χ2v) is 4.04. The molecule has 0 radical (unpaired) electrons. The van der Waals surface area contributed by atoms with Crippen LogP contribution in [0.5, 0.6) is 0 Å². The van der Waals surface area contributed by atoms with E-state index in [-0.39, 0.29) is 6.54 Å². The molecule has 0 aromatic heterocycles. The highest BCUT2D eigenvalue weighted by molar-refractivity contribution is 6.44. The van der Waals surface area contributed by atoms with Gasteiger partial charge in [-0.1, -0.05) is 19.8 Å². The second-order valence-electron chi connectivity index (χ2n) is 4.04. The molecule has 0 spiro atoms. The van der Waals surface area contributed by atoms with E-state index in [4.69, 9.17) is 5.73 Å². The fourth-order valence-corrected chi connectivity index (χ4v) is 1.63. The van der Waals surface area contributed by atoms with Gasteiger partial charge in [0.25, 0.3) is 5.78 Å². The van der Waals surface area contributed by atoms with Gasteiger partial charge in [0.2, 0.25) is 0 Å². The number of hydrogen-bond donors (Lipinski definition) is 1. The van der Waals surface area contributed by atoms with E-state index in [0.29, 0.717) is 6.54 Å². The van der Waals surface area contributed by atoms with Gasteiger partial charge in [0.05, 0.1) is 12.6 Å². The maximum Gasteiger partial charge on any atom is 0.456 e. The highest BCUT2D eigenvalue weighted by Gasteiger charge is 2.45. The van der Waals surface area contributed by atoms with E-state index in [0.717, 1.165) is 19.3 Å². The first-order valence-corrected chi connectivity index (χ1v) is 5.56. The zero-order valence-corrected chi connectivity index (χ0v) is 9.63. The molecule has 7 heteroatoms. The molecule has 0 saturated heterocycles. The Kier molecular flexibility index (Phi) is 4.50. The van der Waals surface area contributed by atoms with Crippen LogP contribution in [-0.2, 0) is 4.79 Å². The van der Waals surface area contributed by atoms with Crippen molar-refractivity contribution in [3.63, 3.8) is 0 Å². The number of hydrogen-bond acceptors (Lipinski definition) is 4. The Bertz CT molecular complexity index is 314. The first kappa shape index (κ1) is 14.0. The highest BCUT2D eigenvalue weighted by Crippen LogP contribution is 2.20. The maximum absolute atomic E-state index is 12.2. The van der Waals surface area contributed by atoms with Crippen LogP contribution in [0, 0.1) is 0 Å². The Balaban J connectivity index is 2.60. The van der Waals surface area contributed by atoms with Gasteiger partial charge in [-0.05, 0) is 6.42 Å². The number of carbonyl (C=O) groups excluding carboxylic acids is 1. The third-order valence-corrected chi connectivity index (χ3v) is 2.52. The first-order valence-electron chi connectivity index (χ1n) is 5.56. The molecule has 17 heavy (non-hydrogen) atoms. The summed E-state index contributed by atoms with van der Waals surface area (Å²) in [5, 5.41) is 5.11. The predicted octanol–water partition coefficient (Wildman–Crippen LogP) is 1.31. The summed E-state index contributed by atoms with van der Waals surface area (Å²) in [5.74, 6) is -1.93. The normalized spacial score (nSPS) is 20.6. The lowest BCUT2D eigenvalue weighted by Crippen LogP contribution is -2.42. The summed E-state index contributed by atoms with van der Waals surface area (Å²) in [6.07, 6.45) is -2.07. The summed E-state index contributed by atoms with van der Waals surface area (Å²) in [6.45, 7) is 2.74. The van der Waals surface area contributed by atoms with Crippen LogP contribution in [0.2, 0.25) is 0 Å². The van der Waals surface area contributed by atoms with Gasteiger partial charge in [0, 0.05) is 6.54 Å². The van der Waals surface area contributed by atoms with Crippen molar-refractivity contribution < 1.29 is 18.0 Å². The summed E-state index contributed by atoms with van der Waals surface area (Å²) in [7, 11) is 0. The molecule has 0 aromatic rings. The number of unbranched alkanes of at least 4 members (excludes halogenated alkanes) is 2. The van der Waals surface area contributed by atoms with Crippen LogP contribution in [0.4, 0.5) is 13.2 Å². The van der Waals surface area contributed by atoms with E-state index >= 15 is 0 Å².